The number of carbonyl (C=O) groups excluding carboxylic acids is 1. The Bertz CT molecular complexity index is 681. The summed E-state index contributed by atoms with van der Waals surface area (Å²) in [5.41, 5.74) is 2.23. The molecule has 1 atom stereocenters. The van der Waals surface area contributed by atoms with Crippen molar-refractivity contribution >= 4 is 17.7 Å². The van der Waals surface area contributed by atoms with Gasteiger partial charge in [-0.3, -0.25) is 4.79 Å². The van der Waals surface area contributed by atoms with Gasteiger partial charge in [0.2, 0.25) is 11.1 Å². The van der Waals surface area contributed by atoms with Crippen molar-refractivity contribution in [3.05, 3.63) is 29.8 Å². The normalized spacial score (nSPS) is 15.2. The highest BCUT2D eigenvalue weighted by atomic mass is 32.2. The molecule has 0 aliphatic heterocycles. The number of unbranched alkanes of at least 4 members (excludes halogenated alkanes) is 1. The Balaban J connectivity index is 1.66. The molecule has 1 N–H and O–H groups in total. The summed E-state index contributed by atoms with van der Waals surface area (Å²) in [5, 5.41) is 15.3. The highest BCUT2D eigenvalue weighted by Crippen LogP contribution is 2.25. The van der Waals surface area contributed by atoms with Crippen molar-refractivity contribution in [2.45, 2.75) is 62.4 Å². The molecule has 128 valence electrons. The van der Waals surface area contributed by atoms with Crippen LogP contribution in [-0.4, -0.2) is 37.4 Å². The van der Waals surface area contributed by atoms with Crippen molar-refractivity contribution < 1.29 is 4.79 Å². The molecule has 0 bridgehead atoms. The van der Waals surface area contributed by atoms with Gasteiger partial charge >= 0.3 is 0 Å². The van der Waals surface area contributed by atoms with Crippen LogP contribution in [0.15, 0.2) is 29.4 Å². The van der Waals surface area contributed by atoms with E-state index in [-0.39, 0.29) is 11.2 Å². The largest absolute Gasteiger partial charge is 0.352 e. The lowest BCUT2D eigenvalue weighted by Gasteiger charge is -2.11. The summed E-state index contributed by atoms with van der Waals surface area (Å²) in [7, 11) is 0. The topological polar surface area (TPSA) is 72.7 Å². The molecule has 1 heterocycles. The minimum atomic E-state index is -0.223. The van der Waals surface area contributed by atoms with Crippen LogP contribution < -0.4 is 5.32 Å². The number of benzene rings is 1. The van der Waals surface area contributed by atoms with E-state index < -0.39 is 0 Å². The molecule has 1 fully saturated rings. The van der Waals surface area contributed by atoms with Gasteiger partial charge in [-0.1, -0.05) is 37.2 Å². The van der Waals surface area contributed by atoms with Crippen LogP contribution in [0.25, 0.3) is 5.69 Å². The second-order valence-corrected chi connectivity index (χ2v) is 7.49. The number of carbonyl (C=O) groups is 1. The average Bonchev–Trinajstić information content (AvgIpc) is 3.29. The summed E-state index contributed by atoms with van der Waals surface area (Å²) in [6, 6.07) is 8.65. The zero-order valence-corrected chi connectivity index (χ0v) is 14.9. The van der Waals surface area contributed by atoms with Gasteiger partial charge in [0, 0.05) is 6.04 Å². The number of thioether (sulfide) groups is 1. The molecule has 6 nitrogen and oxygen atoms in total. The highest BCUT2D eigenvalue weighted by Gasteiger charge is 2.27. The number of rotatable bonds is 8. The monoisotopic (exact) mass is 345 g/mol. The number of tetrazole rings is 1. The van der Waals surface area contributed by atoms with Gasteiger partial charge in [-0.15, -0.1) is 5.10 Å². The molecule has 2 aromatic rings. The molecule has 1 aliphatic rings. The second kappa shape index (κ2) is 7.79. The van der Waals surface area contributed by atoms with Crippen LogP contribution in [0.4, 0.5) is 0 Å². The molecule has 1 aliphatic carbocycles. The summed E-state index contributed by atoms with van der Waals surface area (Å²) in [4.78, 5) is 12.1. The Morgan fingerprint density at radius 1 is 1.38 bits per heavy atom. The fourth-order valence-corrected chi connectivity index (χ4v) is 3.17. The molecule has 1 unspecified atom stereocenters. The van der Waals surface area contributed by atoms with Gasteiger partial charge < -0.3 is 5.32 Å². The van der Waals surface area contributed by atoms with Gasteiger partial charge in [0.05, 0.1) is 10.9 Å². The van der Waals surface area contributed by atoms with Crippen LogP contribution >= 0.6 is 11.8 Å². The zero-order valence-electron chi connectivity index (χ0n) is 14.1. The van der Waals surface area contributed by atoms with Gasteiger partial charge in [-0.05, 0) is 60.7 Å². The molecular formula is C17H23N5OS. The van der Waals surface area contributed by atoms with Crippen molar-refractivity contribution in [3.8, 4) is 5.69 Å². The maximum atomic E-state index is 12.1. The molecule has 1 aromatic carbocycles. The van der Waals surface area contributed by atoms with Gasteiger partial charge in [-0.25, -0.2) is 0 Å². The zero-order chi connectivity index (χ0) is 16.9. The Hall–Kier alpha value is -1.89. The van der Waals surface area contributed by atoms with Crippen molar-refractivity contribution in [1.29, 1.82) is 0 Å². The standard InChI is InChI=1S/C17H23N5OS/c1-3-4-5-13-6-10-15(11-7-13)22-17(19-20-21-22)24-12(2)16(23)18-14-8-9-14/h6-7,10-12,14H,3-5,8-9H2,1-2H3,(H,18,23). The Morgan fingerprint density at radius 3 is 2.79 bits per heavy atom. The first-order valence-electron chi connectivity index (χ1n) is 8.52. The molecule has 0 radical (unpaired) electrons. The quantitative estimate of drug-likeness (QED) is 0.745. The van der Waals surface area contributed by atoms with E-state index in [0.29, 0.717) is 11.2 Å². The predicted octanol–water partition coefficient (Wildman–Crippen LogP) is 2.76. The average molecular weight is 345 g/mol. The van der Waals surface area contributed by atoms with Gasteiger partial charge in [0.15, 0.2) is 0 Å². The third-order valence-electron chi connectivity index (χ3n) is 4.02. The number of hydrogen-bond donors (Lipinski definition) is 1. The first-order chi connectivity index (χ1) is 11.7. The van der Waals surface area contributed by atoms with Crippen molar-refractivity contribution in [3.63, 3.8) is 0 Å². The van der Waals surface area contributed by atoms with E-state index in [1.807, 2.05) is 19.1 Å². The number of aryl methyl sites for hydroxylation is 1. The minimum Gasteiger partial charge on any atom is -0.352 e. The van der Waals surface area contributed by atoms with Crippen molar-refractivity contribution in [1.82, 2.24) is 25.5 Å². The van der Waals surface area contributed by atoms with Crippen LogP contribution in [0, 0.1) is 0 Å². The molecule has 1 amide bonds. The Kier molecular flexibility index (Phi) is 5.50. The first kappa shape index (κ1) is 17.0. The van der Waals surface area contributed by atoms with Gasteiger partial charge in [-0.2, -0.15) is 4.68 Å². The van der Waals surface area contributed by atoms with E-state index in [1.54, 1.807) is 4.68 Å². The van der Waals surface area contributed by atoms with Crippen LogP contribution in [0.5, 0.6) is 0 Å². The molecule has 7 heteroatoms. The summed E-state index contributed by atoms with van der Waals surface area (Å²) >= 11 is 1.38. The predicted molar refractivity (Wildman–Crippen MR) is 94.2 cm³/mol. The number of amides is 1. The Labute approximate surface area is 146 Å². The van der Waals surface area contributed by atoms with Crippen LogP contribution in [0.3, 0.4) is 0 Å². The number of aromatic nitrogens is 4. The van der Waals surface area contributed by atoms with E-state index in [9.17, 15) is 4.79 Å². The molecule has 1 aromatic heterocycles. The SMILES string of the molecule is CCCCc1ccc(-n2nnnc2SC(C)C(=O)NC2CC2)cc1. The van der Waals surface area contributed by atoms with Gasteiger partial charge in [0.1, 0.15) is 0 Å². The summed E-state index contributed by atoms with van der Waals surface area (Å²) < 4.78 is 1.69. The smallest absolute Gasteiger partial charge is 0.233 e. The van der Waals surface area contributed by atoms with Crippen LogP contribution in [-0.2, 0) is 11.2 Å². The highest BCUT2D eigenvalue weighted by molar-refractivity contribution is 8.00. The van der Waals surface area contributed by atoms with E-state index in [1.165, 1.54) is 30.2 Å². The second-order valence-electron chi connectivity index (χ2n) is 6.19. The lowest BCUT2D eigenvalue weighted by atomic mass is 10.1. The number of nitrogens with zero attached hydrogens (tertiary/aromatic N) is 4. The summed E-state index contributed by atoms with van der Waals surface area (Å²) in [6.45, 7) is 4.08. The fraction of sp³-hybridized carbons (Fsp3) is 0.529. The summed E-state index contributed by atoms with van der Waals surface area (Å²) in [6.07, 6.45) is 5.65. The summed E-state index contributed by atoms with van der Waals surface area (Å²) in [5.74, 6) is 0.0481. The van der Waals surface area contributed by atoms with Crippen molar-refractivity contribution in [2.75, 3.05) is 0 Å². The molecular weight excluding hydrogens is 322 g/mol. The fourth-order valence-electron chi connectivity index (χ4n) is 2.36. The third-order valence-corrected chi connectivity index (χ3v) is 5.05. The first-order valence-corrected chi connectivity index (χ1v) is 9.40. The maximum absolute atomic E-state index is 12.1. The lowest BCUT2D eigenvalue weighted by molar-refractivity contribution is -0.120. The molecule has 0 spiro atoms. The number of nitrogens with one attached hydrogen (secondary N) is 1. The Morgan fingerprint density at radius 2 is 2.12 bits per heavy atom. The number of hydrogen-bond acceptors (Lipinski definition) is 5. The van der Waals surface area contributed by atoms with E-state index >= 15 is 0 Å². The molecule has 24 heavy (non-hydrogen) atoms. The van der Waals surface area contributed by atoms with Gasteiger partial charge in [0.25, 0.3) is 0 Å². The van der Waals surface area contributed by atoms with E-state index in [2.05, 4.69) is 39.9 Å². The molecule has 0 saturated heterocycles. The van der Waals surface area contributed by atoms with E-state index in [0.717, 1.165) is 24.9 Å². The maximum Gasteiger partial charge on any atom is 0.233 e. The third kappa shape index (κ3) is 4.35. The van der Waals surface area contributed by atoms with Crippen molar-refractivity contribution in [2.24, 2.45) is 0 Å². The lowest BCUT2D eigenvalue weighted by Crippen LogP contribution is -2.32. The van der Waals surface area contributed by atoms with Crippen LogP contribution in [0.1, 0.15) is 45.1 Å². The van der Waals surface area contributed by atoms with E-state index in [4.69, 9.17) is 0 Å². The molecule has 3 rings (SSSR count). The van der Waals surface area contributed by atoms with Crippen LogP contribution in [0.2, 0.25) is 0 Å². The minimum absolute atomic E-state index is 0.0481. The molecule has 1 saturated carbocycles.